The van der Waals surface area contributed by atoms with Gasteiger partial charge in [-0.2, -0.15) is 0 Å². The smallest absolute Gasteiger partial charge is 0.153 e. The molecule has 7 heteroatoms. The van der Waals surface area contributed by atoms with E-state index in [0.717, 1.165) is 6.26 Å². The largest absolute Gasteiger partial charge is 0.245 e. The van der Waals surface area contributed by atoms with E-state index in [-0.39, 0.29) is 17.6 Å². The van der Waals surface area contributed by atoms with Crippen LogP contribution < -0.4 is 0 Å². The van der Waals surface area contributed by atoms with Gasteiger partial charge in [0.05, 0.1) is 23.7 Å². The molecule has 2 aromatic rings. The van der Waals surface area contributed by atoms with Crippen molar-refractivity contribution < 1.29 is 12.8 Å². The van der Waals surface area contributed by atoms with Crippen LogP contribution >= 0.6 is 0 Å². The summed E-state index contributed by atoms with van der Waals surface area (Å²) < 4.78 is 37.8. The molecule has 2 rings (SSSR count). The molecule has 0 radical (unpaired) electrons. The molecule has 0 aliphatic heterocycles. The first-order valence-electron chi connectivity index (χ1n) is 6.23. The molecule has 0 aliphatic carbocycles. The van der Waals surface area contributed by atoms with E-state index >= 15 is 0 Å². The van der Waals surface area contributed by atoms with Crippen LogP contribution in [0, 0.1) is 5.82 Å². The topological polar surface area (TPSA) is 64.8 Å². The van der Waals surface area contributed by atoms with Crippen LogP contribution in [0.4, 0.5) is 4.39 Å². The normalized spacial score (nSPS) is 13.3. The maximum absolute atomic E-state index is 13.8. The van der Waals surface area contributed by atoms with Crippen LogP contribution in [0.15, 0.2) is 30.5 Å². The molecule has 1 aromatic carbocycles. The highest BCUT2D eigenvalue weighted by molar-refractivity contribution is 7.89. The second-order valence-corrected chi connectivity index (χ2v) is 6.85. The summed E-state index contributed by atoms with van der Waals surface area (Å²) in [4.78, 5) is 0. The van der Waals surface area contributed by atoms with Gasteiger partial charge in [0.15, 0.2) is 9.84 Å². The maximum atomic E-state index is 13.8. The zero-order valence-electron chi connectivity index (χ0n) is 11.3. The second kappa shape index (κ2) is 5.70. The molecule has 0 fully saturated rings. The molecule has 5 nitrogen and oxygen atoms in total. The van der Waals surface area contributed by atoms with Crippen LogP contribution in [0.5, 0.6) is 0 Å². The molecule has 0 bridgehead atoms. The highest BCUT2D eigenvalue weighted by Crippen LogP contribution is 2.23. The van der Waals surface area contributed by atoms with Crippen molar-refractivity contribution in [2.75, 3.05) is 6.26 Å². The lowest BCUT2D eigenvalue weighted by Crippen LogP contribution is -2.12. The molecule has 0 saturated carbocycles. The Morgan fingerprint density at radius 2 is 2.05 bits per heavy atom. The lowest BCUT2D eigenvalue weighted by molar-refractivity contribution is 0.468. The van der Waals surface area contributed by atoms with Crippen LogP contribution in [0.2, 0.25) is 0 Å². The van der Waals surface area contributed by atoms with E-state index in [1.54, 1.807) is 24.4 Å². The SMILES string of the molecule is CC[C@@H](c1ccccc1F)n1cc(CS(C)(=O)=O)nn1. The summed E-state index contributed by atoms with van der Waals surface area (Å²) >= 11 is 0. The van der Waals surface area contributed by atoms with Gasteiger partial charge in [-0.1, -0.05) is 30.3 Å². The zero-order chi connectivity index (χ0) is 14.8. The van der Waals surface area contributed by atoms with Crippen molar-refractivity contribution >= 4 is 9.84 Å². The molecule has 0 amide bonds. The van der Waals surface area contributed by atoms with Gasteiger partial charge in [0, 0.05) is 11.8 Å². The van der Waals surface area contributed by atoms with Crippen LogP contribution in [-0.2, 0) is 15.6 Å². The lowest BCUT2D eigenvalue weighted by Gasteiger charge is -2.15. The zero-order valence-corrected chi connectivity index (χ0v) is 12.1. The van der Waals surface area contributed by atoms with Crippen molar-refractivity contribution in [1.29, 1.82) is 0 Å². The summed E-state index contributed by atoms with van der Waals surface area (Å²) in [6, 6.07) is 6.18. The quantitative estimate of drug-likeness (QED) is 0.846. The van der Waals surface area contributed by atoms with E-state index in [1.165, 1.54) is 10.7 Å². The number of rotatable bonds is 5. The number of benzene rings is 1. The Bertz CT molecular complexity index is 697. The molecule has 0 N–H and O–H groups in total. The van der Waals surface area contributed by atoms with E-state index in [9.17, 15) is 12.8 Å². The van der Waals surface area contributed by atoms with Gasteiger partial charge in [-0.25, -0.2) is 17.5 Å². The average Bonchev–Trinajstić information content (AvgIpc) is 2.78. The molecule has 0 saturated heterocycles. The molecule has 20 heavy (non-hydrogen) atoms. The summed E-state index contributed by atoms with van der Waals surface area (Å²) in [6.45, 7) is 1.91. The van der Waals surface area contributed by atoms with Gasteiger partial charge in [0.2, 0.25) is 0 Å². The molecule has 1 atom stereocenters. The number of halogens is 1. The highest BCUT2D eigenvalue weighted by atomic mass is 32.2. The Hall–Kier alpha value is -1.76. The van der Waals surface area contributed by atoms with Gasteiger partial charge < -0.3 is 0 Å². The second-order valence-electron chi connectivity index (χ2n) is 4.71. The molecule has 1 heterocycles. The number of hydrogen-bond donors (Lipinski definition) is 0. The third-order valence-corrected chi connectivity index (χ3v) is 3.76. The van der Waals surface area contributed by atoms with Crippen LogP contribution in [-0.4, -0.2) is 29.7 Å². The average molecular weight is 297 g/mol. The van der Waals surface area contributed by atoms with Crippen molar-refractivity contribution in [2.24, 2.45) is 0 Å². The van der Waals surface area contributed by atoms with Crippen LogP contribution in [0.3, 0.4) is 0 Å². The summed E-state index contributed by atoms with van der Waals surface area (Å²) in [5, 5.41) is 7.76. The molecule has 0 spiro atoms. The number of hydrogen-bond acceptors (Lipinski definition) is 4. The van der Waals surface area contributed by atoms with E-state index < -0.39 is 9.84 Å². The highest BCUT2D eigenvalue weighted by Gasteiger charge is 2.18. The van der Waals surface area contributed by atoms with Gasteiger partial charge >= 0.3 is 0 Å². The molecule has 0 unspecified atom stereocenters. The first-order chi connectivity index (χ1) is 9.40. The van der Waals surface area contributed by atoms with E-state index in [1.807, 2.05) is 6.92 Å². The third-order valence-electron chi connectivity index (χ3n) is 2.94. The summed E-state index contributed by atoms with van der Waals surface area (Å²) in [6.07, 6.45) is 3.32. The van der Waals surface area contributed by atoms with Crippen molar-refractivity contribution in [3.8, 4) is 0 Å². The fraction of sp³-hybridized carbons (Fsp3) is 0.385. The predicted molar refractivity (Wildman–Crippen MR) is 73.4 cm³/mol. The van der Waals surface area contributed by atoms with E-state index in [0.29, 0.717) is 17.7 Å². The minimum absolute atomic E-state index is 0.166. The fourth-order valence-corrected chi connectivity index (χ4v) is 2.76. The lowest BCUT2D eigenvalue weighted by atomic mass is 10.0. The molecular formula is C13H16FN3O2S. The van der Waals surface area contributed by atoms with E-state index in [4.69, 9.17) is 0 Å². The van der Waals surface area contributed by atoms with E-state index in [2.05, 4.69) is 10.3 Å². The van der Waals surface area contributed by atoms with Crippen LogP contribution in [0.1, 0.15) is 30.6 Å². The number of sulfone groups is 1. The fourth-order valence-electron chi connectivity index (χ4n) is 2.10. The van der Waals surface area contributed by atoms with Gasteiger partial charge in [0.1, 0.15) is 5.82 Å². The van der Waals surface area contributed by atoms with Gasteiger partial charge in [-0.15, -0.1) is 5.10 Å². The Kier molecular flexibility index (Phi) is 4.17. The Morgan fingerprint density at radius 1 is 1.35 bits per heavy atom. The Labute approximate surface area is 117 Å². The van der Waals surface area contributed by atoms with Gasteiger partial charge in [0.25, 0.3) is 0 Å². The molecular weight excluding hydrogens is 281 g/mol. The summed E-state index contributed by atoms with van der Waals surface area (Å²) in [5.41, 5.74) is 0.882. The van der Waals surface area contributed by atoms with Crippen molar-refractivity contribution in [3.63, 3.8) is 0 Å². The van der Waals surface area contributed by atoms with Gasteiger partial charge in [-0.05, 0) is 12.5 Å². The Morgan fingerprint density at radius 3 is 2.65 bits per heavy atom. The summed E-state index contributed by atoms with van der Waals surface area (Å²) in [7, 11) is -3.16. The molecule has 0 aliphatic rings. The maximum Gasteiger partial charge on any atom is 0.153 e. The number of nitrogens with zero attached hydrogens (tertiary/aromatic N) is 3. The Balaban J connectivity index is 2.32. The first-order valence-corrected chi connectivity index (χ1v) is 8.29. The standard InChI is InChI=1S/C13H16FN3O2S/c1-3-13(11-6-4-5-7-12(11)14)17-8-10(15-16-17)9-20(2,18)19/h4-8,13H,3,9H2,1-2H3/t13-/m0/s1. The third kappa shape index (κ3) is 3.41. The van der Waals surface area contributed by atoms with Crippen molar-refractivity contribution in [3.05, 3.63) is 47.5 Å². The molecule has 108 valence electrons. The van der Waals surface area contributed by atoms with Crippen molar-refractivity contribution in [2.45, 2.75) is 25.1 Å². The first kappa shape index (κ1) is 14.6. The van der Waals surface area contributed by atoms with Gasteiger partial charge in [-0.3, -0.25) is 0 Å². The molecule has 1 aromatic heterocycles. The monoisotopic (exact) mass is 297 g/mol. The summed E-state index contributed by atoms with van der Waals surface area (Å²) in [5.74, 6) is -0.472. The van der Waals surface area contributed by atoms with Crippen molar-refractivity contribution in [1.82, 2.24) is 15.0 Å². The minimum Gasteiger partial charge on any atom is -0.245 e. The predicted octanol–water partition coefficient (Wildman–Crippen LogP) is 1.96. The van der Waals surface area contributed by atoms with Crippen LogP contribution in [0.25, 0.3) is 0 Å². The minimum atomic E-state index is -3.16. The number of aromatic nitrogens is 3.